The van der Waals surface area contributed by atoms with Crippen LogP contribution in [0, 0.1) is 0 Å². The summed E-state index contributed by atoms with van der Waals surface area (Å²) >= 11 is 6.52. The van der Waals surface area contributed by atoms with Gasteiger partial charge in [-0.05, 0) is 30.5 Å². The van der Waals surface area contributed by atoms with Gasteiger partial charge in [0.15, 0.2) is 0 Å². The van der Waals surface area contributed by atoms with Gasteiger partial charge in [0.05, 0.1) is 0 Å². The number of aryl methyl sites for hydroxylation is 1. The van der Waals surface area contributed by atoms with Crippen LogP contribution in [-0.4, -0.2) is 11.7 Å². The van der Waals surface area contributed by atoms with E-state index in [1.807, 2.05) is 0 Å². The highest BCUT2D eigenvalue weighted by Gasteiger charge is 2.31. The van der Waals surface area contributed by atoms with Crippen LogP contribution in [0.4, 0.5) is 13.2 Å². The fraction of sp³-hybridized carbons (Fsp3) is 0.400. The second-order valence-corrected chi connectivity index (χ2v) is 4.74. The highest BCUT2D eigenvalue weighted by Crippen LogP contribution is 2.28. The second kappa shape index (κ2) is 5.91. The molecule has 0 aromatic heterocycles. The topological polar surface area (TPSA) is 9.23 Å². The molecule has 0 radical (unpaired) electrons. The molecule has 0 saturated heterocycles. The van der Waals surface area contributed by atoms with E-state index in [0.717, 1.165) is 23.7 Å². The Bertz CT molecular complexity index is 352. The maximum Gasteiger partial charge on any atom is 0.573 e. The van der Waals surface area contributed by atoms with Gasteiger partial charge < -0.3 is 4.74 Å². The van der Waals surface area contributed by atoms with E-state index < -0.39 is 6.36 Å². The first-order valence-corrected chi connectivity index (χ1v) is 6.44. The molecule has 0 N–H and O–H groups in total. The zero-order valence-corrected chi connectivity index (χ0v) is 11.3. The van der Waals surface area contributed by atoms with E-state index in [1.54, 1.807) is 6.07 Å². The third-order valence-corrected chi connectivity index (χ3v) is 3.14. The van der Waals surface area contributed by atoms with Crippen molar-refractivity contribution in [2.24, 2.45) is 0 Å². The maximum atomic E-state index is 11.9. The number of halogens is 5. The predicted molar refractivity (Wildman–Crippen MR) is 62.9 cm³/mol. The van der Waals surface area contributed by atoms with Crippen molar-refractivity contribution in [2.45, 2.75) is 19.2 Å². The number of benzene rings is 1. The van der Waals surface area contributed by atoms with Crippen molar-refractivity contribution in [2.75, 3.05) is 5.33 Å². The molecule has 0 aliphatic heterocycles. The van der Waals surface area contributed by atoms with Crippen molar-refractivity contribution in [3.63, 3.8) is 0 Å². The molecule has 0 heterocycles. The Morgan fingerprint density at radius 2 is 1.94 bits per heavy atom. The molecule has 0 spiro atoms. The van der Waals surface area contributed by atoms with Gasteiger partial charge in [0.2, 0.25) is 0 Å². The molecule has 0 aliphatic rings. The number of ether oxygens (including phenoxy) is 1. The van der Waals surface area contributed by atoms with E-state index in [4.69, 9.17) is 0 Å². The lowest BCUT2D eigenvalue weighted by molar-refractivity contribution is -0.274. The summed E-state index contributed by atoms with van der Waals surface area (Å²) in [6, 6.07) is 4.28. The number of rotatable bonds is 4. The van der Waals surface area contributed by atoms with Crippen LogP contribution in [0.5, 0.6) is 5.75 Å². The van der Waals surface area contributed by atoms with Gasteiger partial charge in [-0.15, -0.1) is 13.2 Å². The van der Waals surface area contributed by atoms with Crippen LogP contribution in [-0.2, 0) is 6.42 Å². The minimum absolute atomic E-state index is 0.207. The van der Waals surface area contributed by atoms with Gasteiger partial charge in [-0.1, -0.05) is 37.9 Å². The van der Waals surface area contributed by atoms with Crippen molar-refractivity contribution in [3.8, 4) is 5.75 Å². The van der Waals surface area contributed by atoms with Crippen LogP contribution >= 0.6 is 31.9 Å². The number of alkyl halides is 4. The lowest BCUT2D eigenvalue weighted by Gasteiger charge is -2.10. The molecule has 6 heteroatoms. The molecule has 0 saturated carbocycles. The van der Waals surface area contributed by atoms with E-state index in [-0.39, 0.29) is 5.75 Å². The normalized spacial score (nSPS) is 11.6. The molecule has 90 valence electrons. The molecule has 1 aromatic carbocycles. The minimum Gasteiger partial charge on any atom is -0.406 e. The molecular weight excluding hydrogens is 353 g/mol. The Balaban J connectivity index is 2.74. The van der Waals surface area contributed by atoms with E-state index in [9.17, 15) is 13.2 Å². The zero-order valence-electron chi connectivity index (χ0n) is 8.15. The number of hydrogen-bond acceptors (Lipinski definition) is 1. The van der Waals surface area contributed by atoms with Crippen molar-refractivity contribution >= 4 is 31.9 Å². The van der Waals surface area contributed by atoms with Gasteiger partial charge in [-0.25, -0.2) is 0 Å². The summed E-state index contributed by atoms with van der Waals surface area (Å²) in [5, 5.41) is 0.861. The van der Waals surface area contributed by atoms with Crippen LogP contribution in [0.2, 0.25) is 0 Å². The van der Waals surface area contributed by atoms with Crippen molar-refractivity contribution in [1.82, 2.24) is 0 Å². The quantitative estimate of drug-likeness (QED) is 0.708. The molecule has 0 bridgehead atoms. The first-order valence-electron chi connectivity index (χ1n) is 4.52. The Kier molecular flexibility index (Phi) is 5.11. The Morgan fingerprint density at radius 1 is 1.25 bits per heavy atom. The Hall–Kier alpha value is -0.230. The molecule has 16 heavy (non-hydrogen) atoms. The van der Waals surface area contributed by atoms with Crippen LogP contribution in [0.25, 0.3) is 0 Å². The highest BCUT2D eigenvalue weighted by molar-refractivity contribution is 9.10. The van der Waals surface area contributed by atoms with Gasteiger partial charge >= 0.3 is 6.36 Å². The third-order valence-electron chi connectivity index (χ3n) is 1.84. The molecular formula is C10H9Br2F3O. The predicted octanol–water partition coefficient (Wildman–Crippen LogP) is 4.68. The van der Waals surface area contributed by atoms with E-state index in [0.29, 0.717) is 4.47 Å². The van der Waals surface area contributed by atoms with Crippen molar-refractivity contribution in [1.29, 1.82) is 0 Å². The summed E-state index contributed by atoms with van der Waals surface area (Å²) in [7, 11) is 0. The number of hydrogen-bond donors (Lipinski definition) is 0. The summed E-state index contributed by atoms with van der Waals surface area (Å²) in [6.45, 7) is 0. The van der Waals surface area contributed by atoms with Crippen LogP contribution < -0.4 is 4.74 Å². The van der Waals surface area contributed by atoms with E-state index in [2.05, 4.69) is 36.6 Å². The Labute approximate surface area is 108 Å². The molecule has 0 fully saturated rings. The molecule has 1 rings (SSSR count). The highest BCUT2D eigenvalue weighted by atomic mass is 79.9. The molecule has 1 aromatic rings. The standard InChI is InChI=1S/C10H9Br2F3O/c11-5-1-2-7-3-4-8(6-9(7)12)16-10(13,14)15/h3-4,6H,1-2,5H2. The van der Waals surface area contributed by atoms with E-state index >= 15 is 0 Å². The summed E-state index contributed by atoms with van der Waals surface area (Å²) in [4.78, 5) is 0. The van der Waals surface area contributed by atoms with Gasteiger partial charge in [0.1, 0.15) is 5.75 Å². The molecule has 0 unspecified atom stereocenters. The van der Waals surface area contributed by atoms with Gasteiger partial charge in [-0.3, -0.25) is 0 Å². The third kappa shape index (κ3) is 4.74. The SMILES string of the molecule is FC(F)(F)Oc1ccc(CCCBr)c(Br)c1. The first-order chi connectivity index (χ1) is 7.42. The monoisotopic (exact) mass is 360 g/mol. The Morgan fingerprint density at radius 3 is 2.44 bits per heavy atom. The minimum atomic E-state index is -4.64. The van der Waals surface area contributed by atoms with Crippen LogP contribution in [0.1, 0.15) is 12.0 Å². The summed E-state index contributed by atoms with van der Waals surface area (Å²) in [5.41, 5.74) is 0.967. The summed E-state index contributed by atoms with van der Waals surface area (Å²) in [6.07, 6.45) is -2.91. The summed E-state index contributed by atoms with van der Waals surface area (Å²) in [5.74, 6) is -0.207. The molecule has 0 aliphatic carbocycles. The fourth-order valence-electron chi connectivity index (χ4n) is 1.19. The lowest BCUT2D eigenvalue weighted by atomic mass is 10.1. The van der Waals surface area contributed by atoms with Crippen LogP contribution in [0.15, 0.2) is 22.7 Å². The van der Waals surface area contributed by atoms with Crippen molar-refractivity contribution in [3.05, 3.63) is 28.2 Å². The zero-order chi connectivity index (χ0) is 12.2. The largest absolute Gasteiger partial charge is 0.573 e. The van der Waals surface area contributed by atoms with Crippen molar-refractivity contribution < 1.29 is 17.9 Å². The first kappa shape index (κ1) is 13.8. The van der Waals surface area contributed by atoms with Gasteiger partial charge in [0, 0.05) is 9.80 Å². The maximum absolute atomic E-state index is 11.9. The average Bonchev–Trinajstić information content (AvgIpc) is 2.14. The van der Waals surface area contributed by atoms with E-state index in [1.165, 1.54) is 12.1 Å². The molecule has 0 amide bonds. The molecule has 0 atom stereocenters. The summed E-state index contributed by atoms with van der Waals surface area (Å²) < 4.78 is 40.2. The van der Waals surface area contributed by atoms with Gasteiger partial charge in [-0.2, -0.15) is 0 Å². The van der Waals surface area contributed by atoms with Crippen LogP contribution in [0.3, 0.4) is 0 Å². The molecule has 1 nitrogen and oxygen atoms in total. The average molecular weight is 362 g/mol. The smallest absolute Gasteiger partial charge is 0.406 e. The van der Waals surface area contributed by atoms with Gasteiger partial charge in [0.25, 0.3) is 0 Å². The second-order valence-electron chi connectivity index (χ2n) is 3.09. The fourth-order valence-corrected chi connectivity index (χ4v) is 2.02. The lowest BCUT2D eigenvalue weighted by Crippen LogP contribution is -2.17.